The van der Waals surface area contributed by atoms with E-state index >= 15 is 0 Å². The van der Waals surface area contributed by atoms with Crippen LogP contribution in [0, 0.1) is 23.2 Å². The smallest absolute Gasteiger partial charge is 0.00434 e. The molecule has 0 aromatic carbocycles. The minimum Gasteiger partial charge on any atom is -0.330 e. The molecule has 0 aromatic heterocycles. The van der Waals surface area contributed by atoms with Gasteiger partial charge < -0.3 is 5.73 Å². The van der Waals surface area contributed by atoms with Crippen LogP contribution in [0.5, 0.6) is 0 Å². The molecular weight excluding hydrogens is 206 g/mol. The van der Waals surface area contributed by atoms with Crippen LogP contribution in [0.15, 0.2) is 11.6 Å². The van der Waals surface area contributed by atoms with Gasteiger partial charge in [0.25, 0.3) is 0 Å². The molecule has 0 heterocycles. The Hall–Kier alpha value is -0.300. The summed E-state index contributed by atoms with van der Waals surface area (Å²) in [6, 6.07) is 0. The third kappa shape index (κ3) is 4.83. The zero-order chi connectivity index (χ0) is 13.6. The van der Waals surface area contributed by atoms with Crippen LogP contribution in [0.4, 0.5) is 0 Å². The first kappa shape index (κ1) is 16.7. The lowest BCUT2D eigenvalue weighted by molar-refractivity contribution is 0.306. The molecule has 0 aliphatic rings. The predicted octanol–water partition coefficient (Wildman–Crippen LogP) is 4.63. The molecule has 1 heteroatoms. The zero-order valence-electron chi connectivity index (χ0n) is 13.0. The van der Waals surface area contributed by atoms with Crippen molar-refractivity contribution >= 4 is 0 Å². The highest BCUT2D eigenvalue weighted by Crippen LogP contribution is 2.33. The predicted molar refractivity (Wildman–Crippen MR) is 79.0 cm³/mol. The molecule has 3 unspecified atom stereocenters. The molecule has 0 rings (SSSR count). The maximum absolute atomic E-state index is 5.81. The van der Waals surface area contributed by atoms with Gasteiger partial charge in [0.15, 0.2) is 0 Å². The first-order valence-electron chi connectivity index (χ1n) is 7.21. The summed E-state index contributed by atoms with van der Waals surface area (Å²) >= 11 is 0. The lowest BCUT2D eigenvalue weighted by atomic mass is 9.75. The quantitative estimate of drug-likeness (QED) is 0.644. The van der Waals surface area contributed by atoms with Gasteiger partial charge in [-0.2, -0.15) is 0 Å². The van der Waals surface area contributed by atoms with Gasteiger partial charge in [-0.1, -0.05) is 66.5 Å². The van der Waals surface area contributed by atoms with Crippen molar-refractivity contribution in [1.82, 2.24) is 0 Å². The van der Waals surface area contributed by atoms with Gasteiger partial charge in [0, 0.05) is 0 Å². The van der Waals surface area contributed by atoms with E-state index in [2.05, 4.69) is 54.5 Å². The molecule has 0 aliphatic heterocycles. The largest absolute Gasteiger partial charge is 0.330 e. The fourth-order valence-corrected chi connectivity index (χ4v) is 2.20. The Morgan fingerprint density at radius 2 is 1.71 bits per heavy atom. The highest BCUT2D eigenvalue weighted by Gasteiger charge is 2.24. The summed E-state index contributed by atoms with van der Waals surface area (Å²) in [5.41, 5.74) is 7.62. The first-order valence-corrected chi connectivity index (χ1v) is 7.21. The summed E-state index contributed by atoms with van der Waals surface area (Å²) in [6.45, 7) is 16.9. The van der Waals surface area contributed by atoms with Crippen molar-refractivity contribution in [3.8, 4) is 0 Å². The highest BCUT2D eigenvalue weighted by molar-refractivity contribution is 5.12. The van der Waals surface area contributed by atoms with Crippen molar-refractivity contribution < 1.29 is 0 Å². The van der Waals surface area contributed by atoms with Crippen LogP contribution < -0.4 is 5.73 Å². The Bertz CT molecular complexity index is 240. The fourth-order valence-electron chi connectivity index (χ4n) is 2.20. The van der Waals surface area contributed by atoms with Gasteiger partial charge >= 0.3 is 0 Å². The third-order valence-corrected chi connectivity index (χ3v) is 4.67. The molecule has 0 saturated heterocycles. The molecule has 0 fully saturated rings. The Kier molecular flexibility index (Phi) is 7.08. The second-order valence-electron chi connectivity index (χ2n) is 6.21. The summed E-state index contributed by atoms with van der Waals surface area (Å²) in [6.07, 6.45) is 4.90. The van der Waals surface area contributed by atoms with Gasteiger partial charge in [-0.25, -0.2) is 0 Å². The summed E-state index contributed by atoms with van der Waals surface area (Å²) in [7, 11) is 0. The Labute approximate surface area is 109 Å². The lowest BCUT2D eigenvalue weighted by Crippen LogP contribution is -2.27. The number of hydrogen-bond donors (Lipinski definition) is 1. The van der Waals surface area contributed by atoms with E-state index in [-0.39, 0.29) is 5.41 Å². The number of allylic oxidation sites excluding steroid dienone is 2. The average Bonchev–Trinajstić information content (AvgIpc) is 2.32. The second kappa shape index (κ2) is 7.20. The van der Waals surface area contributed by atoms with Crippen LogP contribution in [0.3, 0.4) is 0 Å². The fraction of sp³-hybridized carbons (Fsp3) is 0.875. The average molecular weight is 239 g/mol. The Morgan fingerprint density at radius 3 is 2.06 bits per heavy atom. The summed E-state index contributed by atoms with van der Waals surface area (Å²) in [5, 5.41) is 0. The van der Waals surface area contributed by atoms with Crippen molar-refractivity contribution in [1.29, 1.82) is 0 Å². The topological polar surface area (TPSA) is 26.0 Å². The maximum Gasteiger partial charge on any atom is -0.00434 e. The maximum atomic E-state index is 5.81. The molecular formula is C16H33N. The van der Waals surface area contributed by atoms with Gasteiger partial charge in [0.1, 0.15) is 0 Å². The molecule has 0 bridgehead atoms. The van der Waals surface area contributed by atoms with E-state index in [1.54, 1.807) is 5.57 Å². The molecule has 0 amide bonds. The molecule has 3 atom stereocenters. The van der Waals surface area contributed by atoms with Crippen LogP contribution in [-0.2, 0) is 0 Å². The molecule has 1 nitrogen and oxygen atoms in total. The van der Waals surface area contributed by atoms with Gasteiger partial charge in [-0.05, 0) is 36.1 Å². The van der Waals surface area contributed by atoms with Gasteiger partial charge in [-0.3, -0.25) is 0 Å². The lowest BCUT2D eigenvalue weighted by Gasteiger charge is -2.31. The molecule has 0 aliphatic carbocycles. The molecule has 0 spiro atoms. The molecule has 0 aromatic rings. The third-order valence-electron chi connectivity index (χ3n) is 4.67. The SMILES string of the molecule is CC/C(=C/C(C)(C)C(C)CN)C(C)C(C)CC. The molecule has 2 N–H and O–H groups in total. The molecule has 0 radical (unpaired) electrons. The molecule has 17 heavy (non-hydrogen) atoms. The van der Waals surface area contributed by atoms with Crippen molar-refractivity contribution in [2.24, 2.45) is 28.9 Å². The summed E-state index contributed by atoms with van der Waals surface area (Å²) in [4.78, 5) is 0. The first-order chi connectivity index (χ1) is 7.80. The summed E-state index contributed by atoms with van der Waals surface area (Å²) < 4.78 is 0. The highest BCUT2D eigenvalue weighted by atomic mass is 14.6. The van der Waals surface area contributed by atoms with Crippen LogP contribution in [0.1, 0.15) is 61.3 Å². The van der Waals surface area contributed by atoms with E-state index in [0.717, 1.165) is 18.9 Å². The minimum absolute atomic E-state index is 0.210. The van der Waals surface area contributed by atoms with Crippen LogP contribution >= 0.6 is 0 Å². The zero-order valence-corrected chi connectivity index (χ0v) is 13.0. The number of rotatable bonds is 7. The van der Waals surface area contributed by atoms with Crippen molar-refractivity contribution in [3.05, 3.63) is 11.6 Å². The second-order valence-corrected chi connectivity index (χ2v) is 6.21. The van der Waals surface area contributed by atoms with Crippen molar-refractivity contribution in [3.63, 3.8) is 0 Å². The number of hydrogen-bond acceptors (Lipinski definition) is 1. The van der Waals surface area contributed by atoms with E-state index in [1.165, 1.54) is 6.42 Å². The van der Waals surface area contributed by atoms with E-state index in [0.29, 0.717) is 11.8 Å². The van der Waals surface area contributed by atoms with Crippen LogP contribution in [0.25, 0.3) is 0 Å². The van der Waals surface area contributed by atoms with E-state index in [1.807, 2.05) is 0 Å². The number of nitrogens with two attached hydrogens (primary N) is 1. The van der Waals surface area contributed by atoms with Crippen LogP contribution in [0.2, 0.25) is 0 Å². The van der Waals surface area contributed by atoms with E-state index in [9.17, 15) is 0 Å². The Morgan fingerprint density at radius 1 is 1.18 bits per heavy atom. The standard InChI is InChI=1S/C16H33N/c1-8-12(3)14(5)15(9-2)10-16(6,7)13(4)11-17/h10,12-14H,8-9,11,17H2,1-7H3/b15-10-. The van der Waals surface area contributed by atoms with E-state index < -0.39 is 0 Å². The normalized spacial score (nSPS) is 18.9. The van der Waals surface area contributed by atoms with Gasteiger partial charge in [0.2, 0.25) is 0 Å². The molecule has 102 valence electrons. The monoisotopic (exact) mass is 239 g/mol. The van der Waals surface area contributed by atoms with Crippen molar-refractivity contribution in [2.75, 3.05) is 6.54 Å². The van der Waals surface area contributed by atoms with Gasteiger partial charge in [-0.15, -0.1) is 0 Å². The Balaban J connectivity index is 4.98. The van der Waals surface area contributed by atoms with E-state index in [4.69, 9.17) is 5.73 Å². The molecule has 0 saturated carbocycles. The van der Waals surface area contributed by atoms with Gasteiger partial charge in [0.05, 0.1) is 0 Å². The van der Waals surface area contributed by atoms with Crippen molar-refractivity contribution in [2.45, 2.75) is 61.3 Å². The summed E-state index contributed by atoms with van der Waals surface area (Å²) in [5.74, 6) is 1.99. The minimum atomic E-state index is 0.210. The van der Waals surface area contributed by atoms with Crippen LogP contribution in [-0.4, -0.2) is 6.54 Å².